The molecule has 43 heavy (non-hydrogen) atoms. The van der Waals surface area contributed by atoms with Gasteiger partial charge in [0.15, 0.2) is 5.69 Å². The molecule has 0 spiro atoms. The van der Waals surface area contributed by atoms with Gasteiger partial charge in [0.1, 0.15) is 6.04 Å². The van der Waals surface area contributed by atoms with Crippen molar-refractivity contribution < 1.29 is 63.4 Å². The van der Waals surface area contributed by atoms with E-state index >= 15 is 0 Å². The van der Waals surface area contributed by atoms with E-state index in [0.717, 1.165) is 12.0 Å². The largest absolute Gasteiger partial charge is 0.569 e. The molecule has 0 aromatic heterocycles. The van der Waals surface area contributed by atoms with Crippen molar-refractivity contribution in [1.29, 1.82) is 0 Å². The maximum Gasteiger partial charge on any atom is 0.569 e. The van der Waals surface area contributed by atoms with Crippen LogP contribution < -0.4 is 4.65 Å². The highest BCUT2D eigenvalue weighted by molar-refractivity contribution is 5.84. The second-order valence-electron chi connectivity index (χ2n) is 10.1. The van der Waals surface area contributed by atoms with E-state index < -0.39 is 83.2 Å². The van der Waals surface area contributed by atoms with Crippen molar-refractivity contribution in [2.24, 2.45) is 5.92 Å². The Bertz CT molecular complexity index is 1330. The van der Waals surface area contributed by atoms with Gasteiger partial charge in [-0.3, -0.25) is 4.90 Å². The molecule has 2 aromatic carbocycles. The van der Waals surface area contributed by atoms with Gasteiger partial charge in [0.05, 0.1) is 30.9 Å². The van der Waals surface area contributed by atoms with Crippen LogP contribution in [-0.2, 0) is 33.2 Å². The lowest BCUT2D eigenvalue weighted by molar-refractivity contribution is -0.405. The van der Waals surface area contributed by atoms with Gasteiger partial charge in [-0.05, 0) is 48.2 Å². The topological polar surface area (TPSA) is 65.1 Å². The molecule has 0 saturated heterocycles. The van der Waals surface area contributed by atoms with E-state index in [1.807, 2.05) is 0 Å². The van der Waals surface area contributed by atoms with Crippen LogP contribution in [0.5, 0.6) is 0 Å². The molecule has 7 nitrogen and oxygen atoms in total. The number of fused-ring (bicyclic) bond motifs is 1. The number of para-hydroxylation sites is 1. The molecular weight excluding hydrogens is 603 g/mol. The molecule has 0 N–H and O–H groups in total. The number of carbonyl (C=O) groups is 2. The van der Waals surface area contributed by atoms with Gasteiger partial charge in [-0.25, -0.2) is 4.79 Å². The molecule has 1 heterocycles. The van der Waals surface area contributed by atoms with E-state index in [1.165, 1.54) is 31.2 Å². The molecule has 2 amide bonds. The number of halogens is 9. The zero-order chi connectivity index (χ0) is 32.0. The summed E-state index contributed by atoms with van der Waals surface area (Å²) in [7, 11) is 0.932. The minimum atomic E-state index is -5.34. The van der Waals surface area contributed by atoms with Crippen LogP contribution in [0, 0.1) is 5.92 Å². The van der Waals surface area contributed by atoms with Crippen molar-refractivity contribution in [3.63, 3.8) is 0 Å². The number of rotatable bonds is 6. The number of alkyl halides is 9. The molecule has 3 atom stereocenters. The number of quaternary nitrogens is 1. The van der Waals surface area contributed by atoms with Crippen molar-refractivity contribution in [1.82, 2.24) is 9.55 Å². The molecule has 1 fully saturated rings. The van der Waals surface area contributed by atoms with Crippen LogP contribution in [0.2, 0.25) is 0 Å². The molecule has 1 aliphatic heterocycles. The summed E-state index contributed by atoms with van der Waals surface area (Å²) in [6.45, 7) is 0.250. The van der Waals surface area contributed by atoms with Gasteiger partial charge in [-0.1, -0.05) is 23.0 Å². The Morgan fingerprint density at radius 2 is 1.51 bits per heavy atom. The molecule has 1 aliphatic carbocycles. The third-order valence-corrected chi connectivity index (χ3v) is 7.32. The lowest BCUT2D eigenvalue weighted by atomic mass is 9.87. The Balaban J connectivity index is 1.90. The van der Waals surface area contributed by atoms with Crippen LogP contribution in [0.3, 0.4) is 0 Å². The van der Waals surface area contributed by atoms with Gasteiger partial charge in [0.2, 0.25) is 0 Å². The number of hydroxylamine groups is 2. The summed E-state index contributed by atoms with van der Waals surface area (Å²) >= 11 is 0. The van der Waals surface area contributed by atoms with E-state index in [-0.39, 0.29) is 23.9 Å². The average molecular weight is 629 g/mol. The summed E-state index contributed by atoms with van der Waals surface area (Å²) in [4.78, 5) is 31.8. The zero-order valence-electron chi connectivity index (χ0n) is 22.6. The summed E-state index contributed by atoms with van der Waals surface area (Å²) < 4.78 is 131. The maximum absolute atomic E-state index is 13.9. The highest BCUT2D eigenvalue weighted by atomic mass is 19.4. The highest BCUT2D eigenvalue weighted by Crippen LogP contribution is 2.54. The SMILES string of the molecule is CCOC(=O)[N@+]1(OC(F)(F)F)c2ccccc2C(N(Cc2cc(C(F)(F)F)cc(C(F)(F)F)c2)C(=O)OC)C[C@@H]1C1CC1. The van der Waals surface area contributed by atoms with Crippen LogP contribution in [0.25, 0.3) is 0 Å². The lowest BCUT2D eigenvalue weighted by Crippen LogP contribution is -2.66. The summed E-state index contributed by atoms with van der Waals surface area (Å²) in [5.41, 5.74) is -4.20. The number of methoxy groups -OCH3 is 1. The Kier molecular flexibility index (Phi) is 8.68. The predicted molar refractivity (Wildman–Crippen MR) is 131 cm³/mol. The Morgan fingerprint density at radius 3 is 2.00 bits per heavy atom. The average Bonchev–Trinajstić information content (AvgIpc) is 3.75. The Hall–Kier alpha value is -3.53. The zero-order valence-corrected chi connectivity index (χ0v) is 22.6. The number of hydrogen-bond donors (Lipinski definition) is 0. The monoisotopic (exact) mass is 629 g/mol. The van der Waals surface area contributed by atoms with E-state index in [9.17, 15) is 49.1 Å². The fourth-order valence-corrected chi connectivity index (χ4v) is 5.52. The van der Waals surface area contributed by atoms with Gasteiger partial charge >= 0.3 is 30.9 Å². The summed E-state index contributed by atoms with van der Waals surface area (Å²) in [5, 5.41) is 0. The molecule has 1 saturated carbocycles. The van der Waals surface area contributed by atoms with E-state index in [2.05, 4.69) is 4.84 Å². The summed E-state index contributed by atoms with van der Waals surface area (Å²) in [5.74, 6) is -0.521. The first-order valence-corrected chi connectivity index (χ1v) is 13.0. The summed E-state index contributed by atoms with van der Waals surface area (Å²) in [6, 6.07) is 3.47. The number of nitrogens with zero attached hydrogens (tertiary/aromatic N) is 2. The molecular formula is C27H26F9N2O5+. The number of amides is 2. The molecule has 2 aliphatic rings. The third-order valence-electron chi connectivity index (χ3n) is 7.32. The van der Waals surface area contributed by atoms with Gasteiger partial charge < -0.3 is 9.47 Å². The van der Waals surface area contributed by atoms with E-state index in [4.69, 9.17) is 9.47 Å². The predicted octanol–water partition coefficient (Wildman–Crippen LogP) is 8.13. The van der Waals surface area contributed by atoms with E-state index in [1.54, 1.807) is 0 Å². The molecule has 0 bridgehead atoms. The number of carbonyl (C=O) groups excluding carboxylic acids is 2. The number of benzene rings is 2. The van der Waals surface area contributed by atoms with Crippen molar-refractivity contribution in [3.05, 3.63) is 64.7 Å². The minimum absolute atomic E-state index is 0.0647. The van der Waals surface area contributed by atoms with Crippen LogP contribution >= 0.6 is 0 Å². The first-order chi connectivity index (χ1) is 19.9. The van der Waals surface area contributed by atoms with Crippen LogP contribution in [-0.4, -0.2) is 43.2 Å². The van der Waals surface area contributed by atoms with Gasteiger partial charge in [0, 0.05) is 30.5 Å². The van der Waals surface area contributed by atoms with Crippen molar-refractivity contribution in [2.45, 2.75) is 63.5 Å². The second kappa shape index (κ2) is 11.5. The Labute approximate surface area is 239 Å². The normalized spacial score (nSPS) is 22.5. The van der Waals surface area contributed by atoms with Crippen LogP contribution in [0.4, 0.5) is 54.8 Å². The van der Waals surface area contributed by atoms with Crippen molar-refractivity contribution in [3.8, 4) is 0 Å². The Morgan fingerprint density at radius 1 is 0.930 bits per heavy atom. The number of hydrogen-bond acceptors (Lipinski definition) is 5. The maximum atomic E-state index is 13.9. The fourth-order valence-electron chi connectivity index (χ4n) is 5.52. The quantitative estimate of drug-likeness (QED) is 0.239. The number of ether oxygens (including phenoxy) is 2. The molecule has 4 rings (SSSR count). The second-order valence-corrected chi connectivity index (χ2v) is 10.1. The first-order valence-electron chi connectivity index (χ1n) is 13.0. The van der Waals surface area contributed by atoms with Crippen LogP contribution in [0.15, 0.2) is 42.5 Å². The molecule has 236 valence electrons. The van der Waals surface area contributed by atoms with Crippen molar-refractivity contribution in [2.75, 3.05) is 13.7 Å². The molecule has 0 radical (unpaired) electrons. The minimum Gasteiger partial charge on any atom is -0.453 e. The smallest absolute Gasteiger partial charge is 0.453 e. The van der Waals surface area contributed by atoms with Gasteiger partial charge in [-0.2, -0.15) is 31.1 Å². The fraction of sp³-hybridized carbons (Fsp3) is 0.481. The molecule has 2 aromatic rings. The third kappa shape index (κ3) is 6.69. The first kappa shape index (κ1) is 32.4. The van der Waals surface area contributed by atoms with Crippen LogP contribution in [0.1, 0.15) is 54.5 Å². The van der Waals surface area contributed by atoms with Gasteiger partial charge in [-0.15, -0.1) is 13.2 Å². The van der Waals surface area contributed by atoms with Crippen molar-refractivity contribution >= 4 is 17.9 Å². The standard InChI is InChI=1S/C27H26F9N2O5/c1-3-42-24(40)38(43-27(34,35)36)21-7-5-4-6-19(21)20(13-22(38)16-8-9-16)37(23(39)41-2)14-15-10-17(25(28,29)30)12-18(11-15)26(31,32)33/h4-7,10-12,16,20,22H,3,8-9,13-14H2,1-2H3/q+1/t20?,22-,38+/m1/s1. The molecule has 16 heteroatoms. The highest BCUT2D eigenvalue weighted by Gasteiger charge is 2.66. The molecule has 1 unspecified atom stereocenters. The van der Waals surface area contributed by atoms with Gasteiger partial charge in [0.25, 0.3) is 0 Å². The summed E-state index contributed by atoms with van der Waals surface area (Å²) in [6.07, 6.45) is -17.8. The lowest BCUT2D eigenvalue weighted by Gasteiger charge is -2.45. The van der Waals surface area contributed by atoms with E-state index in [0.29, 0.717) is 25.0 Å².